The summed E-state index contributed by atoms with van der Waals surface area (Å²) in [4.78, 5) is 10.2. The van der Waals surface area contributed by atoms with Crippen molar-refractivity contribution in [1.29, 1.82) is 0 Å². The Morgan fingerprint density at radius 1 is 0.760 bits per heavy atom. The fourth-order valence-electron chi connectivity index (χ4n) is 1.30. The topological polar surface area (TPSA) is 83.6 Å². The van der Waals surface area contributed by atoms with E-state index in [4.69, 9.17) is 10.2 Å². The molecule has 4 N–H and O–H groups in total. The molecule has 0 saturated heterocycles. The number of aliphatic hydroxyl groups excluding tert-OH is 1. The molecule has 150 valence electrons. The molecule has 16 heteroatoms. The van der Waals surface area contributed by atoms with Crippen molar-refractivity contribution in [2.75, 3.05) is 0 Å². The molecule has 0 rings (SSSR count). The number of carboxylic acid groups (broad SMARTS) is 1. The Hall–Kier alpha value is -1.45. The minimum absolute atomic E-state index is 2.68. The van der Waals surface area contributed by atoms with E-state index in [9.17, 15) is 57.5 Å². The Balaban J connectivity index is 6.25. The highest BCUT2D eigenvalue weighted by Gasteiger charge is 2.88. The number of rotatable bonds is 8. The van der Waals surface area contributed by atoms with E-state index < -0.39 is 54.2 Å². The van der Waals surface area contributed by atoms with Gasteiger partial charge < -0.3 is 15.9 Å². The Bertz CT molecular complexity index is 508. The number of aliphatic carboxylic acids is 1. The second kappa shape index (κ2) is 6.37. The van der Waals surface area contributed by atoms with Crippen molar-refractivity contribution < 1.29 is 67.7 Å². The Labute approximate surface area is 129 Å². The second-order valence-electron chi connectivity index (χ2n) is 4.58. The van der Waals surface area contributed by atoms with Gasteiger partial charge in [-0.3, -0.25) is 4.79 Å². The van der Waals surface area contributed by atoms with Gasteiger partial charge in [-0.05, 0) is 0 Å². The summed E-state index contributed by atoms with van der Waals surface area (Å²) in [5.74, 6) is -39.9. The summed E-state index contributed by atoms with van der Waals surface area (Å²) in [6, 6.07) is -3.44. The molecular weight excluding hydrogens is 398 g/mol. The fraction of sp³-hybridized carbons (Fsp3) is 0.889. The van der Waals surface area contributed by atoms with E-state index in [2.05, 4.69) is 5.73 Å². The first-order valence-corrected chi connectivity index (χ1v) is 5.54. The van der Waals surface area contributed by atoms with E-state index >= 15 is 0 Å². The zero-order chi connectivity index (χ0) is 20.8. The highest BCUT2D eigenvalue weighted by molar-refractivity contribution is 5.74. The minimum Gasteiger partial charge on any atom is -0.480 e. The quantitative estimate of drug-likeness (QED) is 0.541. The molecule has 0 spiro atoms. The summed E-state index contributed by atoms with van der Waals surface area (Å²) >= 11 is 0. The maximum atomic E-state index is 13.2. The van der Waals surface area contributed by atoms with Crippen LogP contribution in [0.25, 0.3) is 0 Å². The predicted molar refractivity (Wildman–Crippen MR) is 52.4 cm³/mol. The summed E-state index contributed by atoms with van der Waals surface area (Å²) < 4.78 is 153. The van der Waals surface area contributed by atoms with Crippen molar-refractivity contribution in [3.63, 3.8) is 0 Å². The van der Waals surface area contributed by atoms with Crippen LogP contribution in [0.1, 0.15) is 0 Å². The summed E-state index contributed by atoms with van der Waals surface area (Å²) in [6.45, 7) is 0. The lowest BCUT2D eigenvalue weighted by Gasteiger charge is -2.40. The van der Waals surface area contributed by atoms with Gasteiger partial charge in [0.2, 0.25) is 0 Å². The van der Waals surface area contributed by atoms with Gasteiger partial charge in [0.25, 0.3) is 0 Å². The second-order valence-corrected chi connectivity index (χ2v) is 4.58. The lowest BCUT2D eigenvalue weighted by atomic mass is 9.90. The lowest BCUT2D eigenvalue weighted by molar-refractivity contribution is -0.420. The van der Waals surface area contributed by atoms with Gasteiger partial charge in [-0.1, -0.05) is 0 Å². The van der Waals surface area contributed by atoms with Crippen molar-refractivity contribution in [3.8, 4) is 0 Å². The first-order chi connectivity index (χ1) is 10.7. The first-order valence-electron chi connectivity index (χ1n) is 5.54. The van der Waals surface area contributed by atoms with Crippen molar-refractivity contribution >= 4 is 5.97 Å². The van der Waals surface area contributed by atoms with Crippen LogP contribution in [0.4, 0.5) is 52.7 Å². The number of carboxylic acids is 1. The molecule has 0 bridgehead atoms. The molecule has 0 unspecified atom stereocenters. The summed E-state index contributed by atoms with van der Waals surface area (Å²) in [5.41, 5.74) is 4.27. The van der Waals surface area contributed by atoms with Crippen LogP contribution >= 0.6 is 0 Å². The minimum atomic E-state index is -7.86. The van der Waals surface area contributed by atoms with E-state index in [-0.39, 0.29) is 0 Å². The molecule has 0 saturated carbocycles. The monoisotopic (exact) mass is 405 g/mol. The average Bonchev–Trinajstić information content (AvgIpc) is 2.44. The van der Waals surface area contributed by atoms with E-state index in [0.29, 0.717) is 0 Å². The van der Waals surface area contributed by atoms with Gasteiger partial charge in [-0.15, -0.1) is 0 Å². The van der Waals surface area contributed by atoms with Crippen LogP contribution in [0, 0.1) is 0 Å². The Morgan fingerprint density at radius 2 is 1.08 bits per heavy atom. The third kappa shape index (κ3) is 3.20. The molecule has 0 aliphatic carbocycles. The maximum Gasteiger partial charge on any atom is 0.384 e. The molecule has 0 amide bonds. The highest BCUT2D eigenvalue weighted by Crippen LogP contribution is 2.58. The Morgan fingerprint density at radius 3 is 1.36 bits per heavy atom. The molecule has 2 atom stereocenters. The van der Waals surface area contributed by atoms with Crippen LogP contribution in [0.3, 0.4) is 0 Å². The van der Waals surface area contributed by atoms with Crippen LogP contribution in [0.2, 0.25) is 0 Å². The number of aliphatic hydroxyl groups is 1. The van der Waals surface area contributed by atoms with Crippen LogP contribution in [-0.2, 0) is 4.79 Å². The van der Waals surface area contributed by atoms with Crippen molar-refractivity contribution in [3.05, 3.63) is 0 Å². The zero-order valence-electron chi connectivity index (χ0n) is 11.1. The van der Waals surface area contributed by atoms with Gasteiger partial charge in [0.1, 0.15) is 12.1 Å². The molecule has 0 heterocycles. The summed E-state index contributed by atoms with van der Waals surface area (Å²) in [7, 11) is 0. The number of carbonyl (C=O) groups is 1. The maximum absolute atomic E-state index is 13.2. The number of halogens is 12. The van der Waals surface area contributed by atoms with Gasteiger partial charge in [0.05, 0.1) is 0 Å². The van der Waals surface area contributed by atoms with Gasteiger partial charge in [0, 0.05) is 0 Å². The van der Waals surface area contributed by atoms with Crippen molar-refractivity contribution in [1.82, 2.24) is 0 Å². The van der Waals surface area contributed by atoms with Gasteiger partial charge in [-0.25, -0.2) is 8.78 Å². The van der Waals surface area contributed by atoms with Crippen molar-refractivity contribution in [2.24, 2.45) is 5.73 Å². The van der Waals surface area contributed by atoms with E-state index in [0.717, 1.165) is 0 Å². The van der Waals surface area contributed by atoms with Gasteiger partial charge in [-0.2, -0.15) is 43.9 Å². The van der Waals surface area contributed by atoms with E-state index in [1.165, 1.54) is 0 Å². The molecule has 0 aliphatic rings. The average molecular weight is 405 g/mol. The normalized spacial score (nSPS) is 17.6. The third-order valence-corrected chi connectivity index (χ3v) is 2.90. The van der Waals surface area contributed by atoms with Crippen LogP contribution < -0.4 is 5.73 Å². The first kappa shape index (κ1) is 23.5. The number of hydrogen-bond donors (Lipinski definition) is 3. The summed E-state index contributed by atoms with van der Waals surface area (Å²) in [6.07, 6.45) is -10.1. The molecule has 25 heavy (non-hydrogen) atoms. The van der Waals surface area contributed by atoms with Crippen LogP contribution in [0.5, 0.6) is 0 Å². The number of hydrogen-bond acceptors (Lipinski definition) is 3. The molecule has 0 radical (unpaired) electrons. The predicted octanol–water partition coefficient (Wildman–Crippen LogP) is 2.20. The summed E-state index contributed by atoms with van der Waals surface area (Å²) in [5, 5.41) is 16.8. The third-order valence-electron chi connectivity index (χ3n) is 2.90. The van der Waals surface area contributed by atoms with Crippen LogP contribution in [-0.4, -0.2) is 64.4 Å². The zero-order valence-corrected chi connectivity index (χ0v) is 11.1. The lowest BCUT2D eigenvalue weighted by Crippen LogP contribution is -2.72. The molecule has 0 aromatic heterocycles. The van der Waals surface area contributed by atoms with Gasteiger partial charge in [0.15, 0.2) is 0 Å². The molecule has 0 aromatic carbocycles. The fourth-order valence-corrected chi connectivity index (χ4v) is 1.30. The molecule has 4 nitrogen and oxygen atoms in total. The SMILES string of the molecule is N[C@H](C(=O)O)[C@H](O)C(F)(F)C(F)(F)C(F)(F)C(F)(F)C(F)(F)C(F)F. The van der Waals surface area contributed by atoms with E-state index in [1.54, 1.807) is 0 Å². The Kier molecular flexibility index (Phi) is 6.00. The molecule has 0 aliphatic heterocycles. The molecule has 0 fully saturated rings. The number of alkyl halides is 12. The van der Waals surface area contributed by atoms with Crippen LogP contribution in [0.15, 0.2) is 0 Å². The highest BCUT2D eigenvalue weighted by atomic mass is 19.4. The van der Waals surface area contributed by atoms with Crippen molar-refractivity contribution in [2.45, 2.75) is 48.2 Å². The molecule has 0 aromatic rings. The smallest absolute Gasteiger partial charge is 0.384 e. The molecular formula is C9H7F12NO3. The standard InChI is InChI=1S/C9H7F12NO3/c10-4(11)6(14,15)8(18,19)9(20,21)7(16,17)5(12,13)2(23)1(22)3(24)25/h1-2,4,23H,22H2,(H,24,25)/t1-,2-/m0/s1. The number of nitrogens with two attached hydrogens (primary N) is 1. The van der Waals surface area contributed by atoms with Gasteiger partial charge >= 0.3 is 42.0 Å². The largest absolute Gasteiger partial charge is 0.480 e. The van der Waals surface area contributed by atoms with E-state index in [1.807, 2.05) is 0 Å².